The number of hydrogen-bond donors (Lipinski definition) is 1. The van der Waals surface area contributed by atoms with Crippen LogP contribution in [-0.4, -0.2) is 27.3 Å². The van der Waals surface area contributed by atoms with E-state index in [1.54, 1.807) is 4.90 Å². The van der Waals surface area contributed by atoms with Crippen molar-refractivity contribution in [2.24, 2.45) is 0 Å². The lowest BCUT2D eigenvalue weighted by molar-refractivity contribution is 0.0576. The summed E-state index contributed by atoms with van der Waals surface area (Å²) < 4.78 is 5.96. The summed E-state index contributed by atoms with van der Waals surface area (Å²) in [6.45, 7) is 0.614. The number of likely N-dealkylation sites (tertiary alicyclic amines) is 1. The van der Waals surface area contributed by atoms with Crippen molar-refractivity contribution in [2.75, 3.05) is 6.54 Å². The van der Waals surface area contributed by atoms with Gasteiger partial charge in [0.1, 0.15) is 11.6 Å². The second kappa shape index (κ2) is 6.64. The first-order valence-corrected chi connectivity index (χ1v) is 9.49. The average molecular weight is 373 g/mol. The number of H-pyrrole nitrogens is 1. The maximum atomic E-state index is 13.5. The van der Waals surface area contributed by atoms with Gasteiger partial charge >= 0.3 is 0 Å². The SMILES string of the molecule is O=C(c1cc(=O)[nH]c2ccccc12)N1CCCCC1c1nc2ccccc2o1. The summed E-state index contributed by atoms with van der Waals surface area (Å²) in [5.74, 6) is 0.401. The van der Waals surface area contributed by atoms with Crippen LogP contribution in [0.15, 0.2) is 63.8 Å². The number of rotatable bonds is 2. The molecule has 0 radical (unpaired) electrons. The maximum absolute atomic E-state index is 13.5. The number of carbonyl (C=O) groups is 1. The van der Waals surface area contributed by atoms with E-state index in [0.29, 0.717) is 23.5 Å². The van der Waals surface area contributed by atoms with Gasteiger partial charge in [-0.1, -0.05) is 30.3 Å². The normalized spacial score (nSPS) is 17.3. The Balaban J connectivity index is 1.58. The van der Waals surface area contributed by atoms with Crippen LogP contribution in [0.25, 0.3) is 22.0 Å². The minimum absolute atomic E-state index is 0.158. The molecule has 1 N–H and O–H groups in total. The fraction of sp³-hybridized carbons (Fsp3) is 0.227. The molecule has 1 unspecified atom stereocenters. The van der Waals surface area contributed by atoms with Gasteiger partial charge in [0.15, 0.2) is 5.58 Å². The molecule has 140 valence electrons. The van der Waals surface area contributed by atoms with Crippen molar-refractivity contribution in [1.82, 2.24) is 14.9 Å². The zero-order chi connectivity index (χ0) is 19.1. The number of benzene rings is 2. The van der Waals surface area contributed by atoms with Gasteiger partial charge in [-0.25, -0.2) is 4.98 Å². The summed E-state index contributed by atoms with van der Waals surface area (Å²) in [6, 6.07) is 16.1. The first-order chi connectivity index (χ1) is 13.7. The Labute approximate surface area is 160 Å². The third kappa shape index (κ3) is 2.78. The number of oxazole rings is 1. The van der Waals surface area contributed by atoms with Crippen LogP contribution in [0, 0.1) is 0 Å². The standard InChI is InChI=1S/C22H19N3O3/c26-20-13-15(14-7-1-2-8-16(14)23-20)22(27)25-12-6-5-10-18(25)21-24-17-9-3-4-11-19(17)28-21/h1-4,7-9,11,13,18H,5-6,10,12H2,(H,23,26). The van der Waals surface area contributed by atoms with Crippen molar-refractivity contribution >= 4 is 27.9 Å². The highest BCUT2D eigenvalue weighted by Gasteiger charge is 2.33. The van der Waals surface area contributed by atoms with Crippen LogP contribution >= 0.6 is 0 Å². The molecule has 1 aliphatic heterocycles. The molecule has 0 saturated carbocycles. The van der Waals surface area contributed by atoms with Crippen molar-refractivity contribution in [3.05, 3.63) is 76.4 Å². The summed E-state index contributed by atoms with van der Waals surface area (Å²) in [5, 5.41) is 0.744. The molecule has 0 aliphatic carbocycles. The topological polar surface area (TPSA) is 79.2 Å². The highest BCUT2D eigenvalue weighted by Crippen LogP contribution is 2.34. The van der Waals surface area contributed by atoms with Gasteiger partial charge in [0.2, 0.25) is 11.4 Å². The summed E-state index contributed by atoms with van der Waals surface area (Å²) in [4.78, 5) is 34.8. The number of nitrogens with zero attached hydrogens (tertiary/aromatic N) is 2. The molecule has 3 heterocycles. The van der Waals surface area contributed by atoms with Crippen LogP contribution in [0.2, 0.25) is 0 Å². The molecule has 0 bridgehead atoms. The number of nitrogens with one attached hydrogen (secondary N) is 1. The number of hydrogen-bond acceptors (Lipinski definition) is 4. The van der Waals surface area contributed by atoms with Crippen LogP contribution in [0.5, 0.6) is 0 Å². The Morgan fingerprint density at radius 1 is 1.11 bits per heavy atom. The minimum atomic E-state index is -0.280. The van der Waals surface area contributed by atoms with Crippen LogP contribution in [0.1, 0.15) is 41.6 Å². The van der Waals surface area contributed by atoms with Gasteiger partial charge in [0, 0.05) is 23.5 Å². The number of para-hydroxylation sites is 3. The van der Waals surface area contributed by atoms with E-state index in [2.05, 4.69) is 9.97 Å². The lowest BCUT2D eigenvalue weighted by atomic mass is 9.99. The molecule has 0 spiro atoms. The van der Waals surface area contributed by atoms with E-state index in [4.69, 9.17) is 4.42 Å². The zero-order valence-electron chi connectivity index (χ0n) is 15.2. The van der Waals surface area contributed by atoms with Crippen LogP contribution < -0.4 is 5.56 Å². The predicted molar refractivity (Wildman–Crippen MR) is 106 cm³/mol. The Morgan fingerprint density at radius 2 is 1.93 bits per heavy atom. The van der Waals surface area contributed by atoms with Gasteiger partial charge in [0.25, 0.3) is 5.91 Å². The van der Waals surface area contributed by atoms with E-state index in [1.165, 1.54) is 6.07 Å². The van der Waals surface area contributed by atoms with Crippen molar-refractivity contribution in [2.45, 2.75) is 25.3 Å². The number of amides is 1. The van der Waals surface area contributed by atoms with Crippen LogP contribution in [0.4, 0.5) is 0 Å². The number of piperidine rings is 1. The molecule has 1 amide bonds. The molecule has 1 atom stereocenters. The molecule has 1 aliphatic rings. The smallest absolute Gasteiger partial charge is 0.255 e. The molecule has 1 fully saturated rings. The minimum Gasteiger partial charge on any atom is -0.438 e. The molecule has 5 rings (SSSR count). The van der Waals surface area contributed by atoms with Crippen LogP contribution in [-0.2, 0) is 0 Å². The number of aromatic amines is 1. The molecule has 6 heteroatoms. The van der Waals surface area contributed by atoms with E-state index < -0.39 is 0 Å². The lowest BCUT2D eigenvalue weighted by Gasteiger charge is -2.34. The summed E-state index contributed by atoms with van der Waals surface area (Å²) in [5.41, 5.74) is 2.31. The predicted octanol–water partition coefficient (Wildman–Crippen LogP) is 4.04. The van der Waals surface area contributed by atoms with Crippen molar-refractivity contribution in [3.8, 4) is 0 Å². The molecule has 4 aromatic rings. The third-order valence-electron chi connectivity index (χ3n) is 5.34. The molecule has 2 aromatic carbocycles. The molecule has 28 heavy (non-hydrogen) atoms. The van der Waals surface area contributed by atoms with Crippen LogP contribution in [0.3, 0.4) is 0 Å². The number of pyridine rings is 1. The molecule has 6 nitrogen and oxygen atoms in total. The Hall–Kier alpha value is -3.41. The number of carbonyl (C=O) groups excluding carboxylic acids is 1. The molecule has 2 aromatic heterocycles. The molecule has 1 saturated heterocycles. The van der Waals surface area contributed by atoms with Crippen molar-refractivity contribution in [3.63, 3.8) is 0 Å². The van der Waals surface area contributed by atoms with E-state index in [9.17, 15) is 9.59 Å². The fourth-order valence-corrected chi connectivity index (χ4v) is 4.00. The number of aromatic nitrogens is 2. The van der Waals surface area contributed by atoms with E-state index in [-0.39, 0.29) is 17.5 Å². The number of fused-ring (bicyclic) bond motifs is 2. The quantitative estimate of drug-likeness (QED) is 0.575. The third-order valence-corrected chi connectivity index (χ3v) is 5.34. The van der Waals surface area contributed by atoms with Gasteiger partial charge in [-0.15, -0.1) is 0 Å². The van der Waals surface area contributed by atoms with E-state index in [1.807, 2.05) is 48.5 Å². The Bertz CT molecular complexity index is 1210. The first kappa shape index (κ1) is 16.7. The van der Waals surface area contributed by atoms with E-state index >= 15 is 0 Å². The molecular formula is C22H19N3O3. The van der Waals surface area contributed by atoms with Gasteiger partial charge in [-0.05, 0) is 37.5 Å². The maximum Gasteiger partial charge on any atom is 0.255 e. The second-order valence-corrected chi connectivity index (χ2v) is 7.12. The lowest BCUT2D eigenvalue weighted by Crippen LogP contribution is -2.39. The van der Waals surface area contributed by atoms with Gasteiger partial charge in [-0.2, -0.15) is 0 Å². The fourth-order valence-electron chi connectivity index (χ4n) is 4.00. The summed E-state index contributed by atoms with van der Waals surface area (Å²) in [6.07, 6.45) is 2.71. The van der Waals surface area contributed by atoms with Gasteiger partial charge in [-0.3, -0.25) is 9.59 Å². The van der Waals surface area contributed by atoms with Gasteiger partial charge < -0.3 is 14.3 Å². The largest absolute Gasteiger partial charge is 0.438 e. The highest BCUT2D eigenvalue weighted by atomic mass is 16.3. The summed E-state index contributed by atoms with van der Waals surface area (Å²) in [7, 11) is 0. The van der Waals surface area contributed by atoms with Crippen molar-refractivity contribution in [1.29, 1.82) is 0 Å². The van der Waals surface area contributed by atoms with Crippen molar-refractivity contribution < 1.29 is 9.21 Å². The Morgan fingerprint density at radius 3 is 2.82 bits per heavy atom. The second-order valence-electron chi connectivity index (χ2n) is 7.12. The van der Waals surface area contributed by atoms with E-state index in [0.717, 1.165) is 35.7 Å². The average Bonchev–Trinajstić information content (AvgIpc) is 3.17. The Kier molecular flexibility index (Phi) is 3.97. The first-order valence-electron chi connectivity index (χ1n) is 9.49. The monoisotopic (exact) mass is 373 g/mol. The zero-order valence-corrected chi connectivity index (χ0v) is 15.2. The highest BCUT2D eigenvalue weighted by molar-refractivity contribution is 6.06. The van der Waals surface area contributed by atoms with Gasteiger partial charge in [0.05, 0.1) is 5.56 Å². The molecular weight excluding hydrogens is 354 g/mol. The summed E-state index contributed by atoms with van der Waals surface area (Å²) >= 11 is 0.